The molecule has 1 aromatic rings. The van der Waals surface area contributed by atoms with E-state index in [1.54, 1.807) is 12.1 Å². The Balaban J connectivity index is 1.88. The van der Waals surface area contributed by atoms with Crippen LogP contribution in [0.4, 0.5) is 4.39 Å². The van der Waals surface area contributed by atoms with Crippen LogP contribution in [0.15, 0.2) is 18.2 Å². The van der Waals surface area contributed by atoms with Gasteiger partial charge in [0.05, 0.1) is 0 Å². The van der Waals surface area contributed by atoms with Crippen molar-refractivity contribution in [3.05, 3.63) is 35.1 Å². The summed E-state index contributed by atoms with van der Waals surface area (Å²) in [6.07, 6.45) is 6.18. The molecule has 0 amide bonds. The molecule has 88 valence electrons. The van der Waals surface area contributed by atoms with Crippen LogP contribution in [0.25, 0.3) is 0 Å². The summed E-state index contributed by atoms with van der Waals surface area (Å²) in [5.74, 6) is -0.128. The fraction of sp³-hybridized carbons (Fsp3) is 0.571. The molecule has 0 aliphatic carbocycles. The number of piperidine rings is 1. The van der Waals surface area contributed by atoms with Crippen molar-refractivity contribution >= 4 is 0 Å². The second-order valence-electron chi connectivity index (χ2n) is 4.76. The van der Waals surface area contributed by atoms with Crippen LogP contribution in [0.2, 0.25) is 0 Å². The maximum atomic E-state index is 12.9. The molecule has 0 bridgehead atoms. The Labute approximate surface area is 97.1 Å². The van der Waals surface area contributed by atoms with Crippen LogP contribution in [0.3, 0.4) is 0 Å². The molecule has 1 saturated heterocycles. The third kappa shape index (κ3) is 3.05. The number of hydrogen-bond acceptors (Lipinski definition) is 1. The summed E-state index contributed by atoms with van der Waals surface area (Å²) in [4.78, 5) is 0. The van der Waals surface area contributed by atoms with Gasteiger partial charge in [-0.05, 0) is 62.4 Å². The highest BCUT2D eigenvalue weighted by atomic mass is 19.1. The Morgan fingerprint density at radius 3 is 2.94 bits per heavy atom. The van der Waals surface area contributed by atoms with Crippen molar-refractivity contribution in [2.24, 2.45) is 0 Å². The molecule has 0 spiro atoms. The van der Waals surface area contributed by atoms with Gasteiger partial charge in [-0.3, -0.25) is 0 Å². The zero-order valence-electron chi connectivity index (χ0n) is 9.93. The van der Waals surface area contributed by atoms with Crippen molar-refractivity contribution in [2.45, 2.75) is 45.1 Å². The first-order chi connectivity index (χ1) is 7.75. The lowest BCUT2D eigenvalue weighted by atomic mass is 9.96. The van der Waals surface area contributed by atoms with Gasteiger partial charge in [0.2, 0.25) is 0 Å². The predicted molar refractivity (Wildman–Crippen MR) is 65.1 cm³/mol. The first kappa shape index (κ1) is 11.6. The molecule has 1 nitrogen and oxygen atoms in total. The van der Waals surface area contributed by atoms with E-state index in [9.17, 15) is 4.39 Å². The molecule has 1 aliphatic rings. The van der Waals surface area contributed by atoms with E-state index in [0.717, 1.165) is 18.5 Å². The summed E-state index contributed by atoms with van der Waals surface area (Å²) in [6.45, 7) is 3.15. The minimum Gasteiger partial charge on any atom is -0.314 e. The Bertz CT molecular complexity index is 343. The minimum atomic E-state index is -0.128. The van der Waals surface area contributed by atoms with Gasteiger partial charge in [0.25, 0.3) is 0 Å². The molecular formula is C14H20FN. The van der Waals surface area contributed by atoms with Crippen LogP contribution in [0.5, 0.6) is 0 Å². The van der Waals surface area contributed by atoms with Crippen molar-refractivity contribution in [1.29, 1.82) is 0 Å². The lowest BCUT2D eigenvalue weighted by molar-refractivity contribution is 0.382. The van der Waals surface area contributed by atoms with Gasteiger partial charge in [-0.15, -0.1) is 0 Å². The van der Waals surface area contributed by atoms with E-state index in [2.05, 4.69) is 5.32 Å². The molecule has 1 aliphatic heterocycles. The molecule has 1 unspecified atom stereocenters. The van der Waals surface area contributed by atoms with Crippen molar-refractivity contribution in [2.75, 3.05) is 6.54 Å². The normalized spacial score (nSPS) is 21.0. The van der Waals surface area contributed by atoms with Crippen LogP contribution in [0, 0.1) is 12.7 Å². The van der Waals surface area contributed by atoms with E-state index in [0.29, 0.717) is 6.04 Å². The predicted octanol–water partition coefficient (Wildman–Crippen LogP) is 3.21. The second-order valence-corrected chi connectivity index (χ2v) is 4.76. The number of benzene rings is 1. The Morgan fingerprint density at radius 2 is 2.25 bits per heavy atom. The summed E-state index contributed by atoms with van der Waals surface area (Å²) >= 11 is 0. The maximum absolute atomic E-state index is 12.9. The summed E-state index contributed by atoms with van der Waals surface area (Å²) in [5, 5.41) is 3.55. The molecule has 0 aromatic heterocycles. The summed E-state index contributed by atoms with van der Waals surface area (Å²) in [6, 6.07) is 5.78. The average molecular weight is 221 g/mol. The standard InChI is InChI=1S/C14H20FN/c1-11-10-13(15)7-5-12(11)6-8-14-4-2-3-9-16-14/h5,7,10,14,16H,2-4,6,8-9H2,1H3. The topological polar surface area (TPSA) is 12.0 Å². The molecule has 1 heterocycles. The molecule has 16 heavy (non-hydrogen) atoms. The fourth-order valence-electron chi connectivity index (χ4n) is 2.44. The van der Waals surface area contributed by atoms with Crippen LogP contribution >= 0.6 is 0 Å². The van der Waals surface area contributed by atoms with Gasteiger partial charge < -0.3 is 5.32 Å². The number of aryl methyl sites for hydroxylation is 2. The fourth-order valence-corrected chi connectivity index (χ4v) is 2.44. The lowest BCUT2D eigenvalue weighted by Crippen LogP contribution is -2.34. The van der Waals surface area contributed by atoms with E-state index < -0.39 is 0 Å². The Kier molecular flexibility index (Phi) is 3.94. The molecule has 0 radical (unpaired) electrons. The average Bonchev–Trinajstić information content (AvgIpc) is 2.29. The molecule has 2 rings (SSSR count). The van der Waals surface area contributed by atoms with Crippen LogP contribution in [-0.4, -0.2) is 12.6 Å². The molecule has 1 aromatic carbocycles. The van der Waals surface area contributed by atoms with Crippen molar-refractivity contribution in [3.63, 3.8) is 0 Å². The zero-order chi connectivity index (χ0) is 11.4. The molecule has 2 heteroatoms. The van der Waals surface area contributed by atoms with Gasteiger partial charge in [-0.1, -0.05) is 12.5 Å². The van der Waals surface area contributed by atoms with Crippen molar-refractivity contribution in [3.8, 4) is 0 Å². The lowest BCUT2D eigenvalue weighted by Gasteiger charge is -2.23. The molecule has 1 atom stereocenters. The van der Waals surface area contributed by atoms with Crippen LogP contribution in [-0.2, 0) is 6.42 Å². The monoisotopic (exact) mass is 221 g/mol. The van der Waals surface area contributed by atoms with Crippen LogP contribution < -0.4 is 5.32 Å². The Morgan fingerprint density at radius 1 is 1.38 bits per heavy atom. The number of halogens is 1. The largest absolute Gasteiger partial charge is 0.314 e. The van der Waals surface area contributed by atoms with Gasteiger partial charge >= 0.3 is 0 Å². The van der Waals surface area contributed by atoms with Gasteiger partial charge in [0.1, 0.15) is 5.82 Å². The minimum absolute atomic E-state index is 0.128. The highest BCUT2D eigenvalue weighted by molar-refractivity contribution is 5.26. The SMILES string of the molecule is Cc1cc(F)ccc1CCC1CCCCN1. The summed E-state index contributed by atoms with van der Waals surface area (Å²) in [5.41, 5.74) is 2.37. The van der Waals surface area contributed by atoms with E-state index in [1.165, 1.54) is 31.2 Å². The maximum Gasteiger partial charge on any atom is 0.123 e. The smallest absolute Gasteiger partial charge is 0.123 e. The highest BCUT2D eigenvalue weighted by Gasteiger charge is 2.12. The molecular weight excluding hydrogens is 201 g/mol. The molecule has 0 saturated carbocycles. The van der Waals surface area contributed by atoms with E-state index in [1.807, 2.05) is 13.0 Å². The van der Waals surface area contributed by atoms with E-state index >= 15 is 0 Å². The first-order valence-corrected chi connectivity index (χ1v) is 6.24. The number of hydrogen-bond donors (Lipinski definition) is 1. The number of rotatable bonds is 3. The second kappa shape index (κ2) is 5.44. The Hall–Kier alpha value is -0.890. The third-order valence-corrected chi connectivity index (χ3v) is 3.48. The van der Waals surface area contributed by atoms with Crippen LogP contribution in [0.1, 0.15) is 36.8 Å². The van der Waals surface area contributed by atoms with Gasteiger partial charge in [0.15, 0.2) is 0 Å². The first-order valence-electron chi connectivity index (χ1n) is 6.24. The van der Waals surface area contributed by atoms with E-state index in [-0.39, 0.29) is 5.82 Å². The summed E-state index contributed by atoms with van der Waals surface area (Å²) < 4.78 is 12.9. The van der Waals surface area contributed by atoms with Gasteiger partial charge in [-0.25, -0.2) is 4.39 Å². The van der Waals surface area contributed by atoms with E-state index in [4.69, 9.17) is 0 Å². The quantitative estimate of drug-likeness (QED) is 0.826. The molecule has 1 N–H and O–H groups in total. The molecule has 1 fully saturated rings. The highest BCUT2D eigenvalue weighted by Crippen LogP contribution is 2.16. The van der Waals surface area contributed by atoms with Gasteiger partial charge in [0, 0.05) is 6.04 Å². The van der Waals surface area contributed by atoms with Gasteiger partial charge in [-0.2, -0.15) is 0 Å². The summed E-state index contributed by atoms with van der Waals surface area (Å²) in [7, 11) is 0. The zero-order valence-corrected chi connectivity index (χ0v) is 9.93. The van der Waals surface area contributed by atoms with Crippen molar-refractivity contribution < 1.29 is 4.39 Å². The number of nitrogens with one attached hydrogen (secondary N) is 1. The third-order valence-electron chi connectivity index (χ3n) is 3.48. The van der Waals surface area contributed by atoms with Crippen molar-refractivity contribution in [1.82, 2.24) is 5.32 Å².